The average Bonchev–Trinajstić information content (AvgIpc) is 2.79. The van der Waals surface area contributed by atoms with Crippen LogP contribution in [0.1, 0.15) is 34.6 Å². The summed E-state index contributed by atoms with van der Waals surface area (Å²) in [5.74, 6) is -0.875. The Balaban J connectivity index is 1.87. The van der Waals surface area contributed by atoms with Crippen molar-refractivity contribution in [3.8, 4) is 0 Å². The molecule has 9 heteroatoms. The Morgan fingerprint density at radius 1 is 1.03 bits per heavy atom. The van der Waals surface area contributed by atoms with Crippen LogP contribution in [0.25, 0.3) is 0 Å². The Labute approximate surface area is 180 Å². The topological polar surface area (TPSA) is 105 Å². The number of esters is 1. The third-order valence-electron chi connectivity index (χ3n) is 5.26. The number of nitrogens with zero attached hydrogens (tertiary/aromatic N) is 3. The van der Waals surface area contributed by atoms with Crippen molar-refractivity contribution in [2.75, 3.05) is 49.5 Å². The molecule has 0 spiro atoms. The zero-order chi connectivity index (χ0) is 22.4. The molecule has 2 aromatic rings. The molecule has 0 bridgehead atoms. The van der Waals surface area contributed by atoms with E-state index in [9.17, 15) is 19.7 Å². The fraction of sp³-hybridized carbons (Fsp3) is 0.364. The summed E-state index contributed by atoms with van der Waals surface area (Å²) in [7, 11) is 0. The number of non-ortho nitro benzene ring substituents is 1. The van der Waals surface area contributed by atoms with Gasteiger partial charge >= 0.3 is 5.97 Å². The van der Waals surface area contributed by atoms with Crippen LogP contribution in [-0.2, 0) is 4.74 Å². The first-order valence-corrected chi connectivity index (χ1v) is 10.3. The van der Waals surface area contributed by atoms with Gasteiger partial charge in [-0.1, -0.05) is 6.92 Å². The third kappa shape index (κ3) is 5.37. The second kappa shape index (κ2) is 10.0. The van der Waals surface area contributed by atoms with E-state index in [0.717, 1.165) is 38.4 Å². The quantitative estimate of drug-likeness (QED) is 0.412. The van der Waals surface area contributed by atoms with Crippen molar-refractivity contribution < 1.29 is 19.2 Å². The number of amides is 1. The van der Waals surface area contributed by atoms with Crippen molar-refractivity contribution >= 4 is 28.9 Å². The van der Waals surface area contributed by atoms with Gasteiger partial charge in [-0.2, -0.15) is 0 Å². The monoisotopic (exact) mass is 426 g/mol. The van der Waals surface area contributed by atoms with Crippen molar-refractivity contribution in [3.05, 3.63) is 63.7 Å². The fourth-order valence-corrected chi connectivity index (χ4v) is 3.49. The number of nitro groups is 1. The number of carbonyl (C=O) groups is 2. The molecular formula is C22H26N4O5. The molecule has 9 nitrogen and oxygen atoms in total. The fourth-order valence-electron chi connectivity index (χ4n) is 3.49. The van der Waals surface area contributed by atoms with Crippen molar-refractivity contribution in [1.29, 1.82) is 0 Å². The average molecular weight is 426 g/mol. The van der Waals surface area contributed by atoms with E-state index < -0.39 is 16.8 Å². The summed E-state index contributed by atoms with van der Waals surface area (Å²) in [6.45, 7) is 8.51. The molecule has 1 amide bonds. The van der Waals surface area contributed by atoms with Gasteiger partial charge in [0.25, 0.3) is 11.6 Å². The standard InChI is InChI=1S/C22H26N4O5/c1-3-24-11-13-25(14-12-24)20-10-7-17(22(28)31-4-2)15-19(20)23-21(27)16-5-8-18(9-6-16)26(29)30/h5-10,15H,3-4,11-14H2,1-2H3,(H,23,27). The molecule has 2 aromatic carbocycles. The van der Waals surface area contributed by atoms with Crippen LogP contribution in [0.4, 0.5) is 17.1 Å². The van der Waals surface area contributed by atoms with Crippen molar-refractivity contribution in [2.24, 2.45) is 0 Å². The summed E-state index contributed by atoms with van der Waals surface area (Å²) in [6, 6.07) is 10.5. The number of piperazine rings is 1. The van der Waals surface area contributed by atoms with E-state index in [2.05, 4.69) is 22.0 Å². The summed E-state index contributed by atoms with van der Waals surface area (Å²) < 4.78 is 5.09. The molecule has 3 rings (SSSR count). The molecule has 0 unspecified atom stereocenters. The molecule has 1 saturated heterocycles. The summed E-state index contributed by atoms with van der Waals surface area (Å²) in [4.78, 5) is 39.9. The van der Waals surface area contributed by atoms with Crippen LogP contribution in [0.2, 0.25) is 0 Å². The molecule has 0 aliphatic carbocycles. The van der Waals surface area contributed by atoms with Crippen LogP contribution in [0, 0.1) is 10.1 Å². The summed E-state index contributed by atoms with van der Waals surface area (Å²) in [6.07, 6.45) is 0. The molecule has 31 heavy (non-hydrogen) atoms. The highest BCUT2D eigenvalue weighted by molar-refractivity contribution is 6.07. The number of rotatable bonds is 7. The molecule has 0 aromatic heterocycles. The molecule has 0 atom stereocenters. The number of carbonyl (C=O) groups excluding carboxylic acids is 2. The number of anilines is 2. The van der Waals surface area contributed by atoms with Crippen LogP contribution in [-0.4, -0.2) is 61.0 Å². The van der Waals surface area contributed by atoms with Gasteiger partial charge in [0.2, 0.25) is 0 Å². The van der Waals surface area contributed by atoms with Gasteiger partial charge in [-0.05, 0) is 43.8 Å². The SMILES string of the molecule is CCOC(=O)c1ccc(N2CCN(CC)CC2)c(NC(=O)c2ccc([N+](=O)[O-])cc2)c1. The Hall–Kier alpha value is -3.46. The maximum atomic E-state index is 12.8. The lowest BCUT2D eigenvalue weighted by Crippen LogP contribution is -2.46. The summed E-state index contributed by atoms with van der Waals surface area (Å²) in [5, 5.41) is 13.7. The van der Waals surface area contributed by atoms with Crippen molar-refractivity contribution in [1.82, 2.24) is 4.90 Å². The number of hydrogen-bond donors (Lipinski definition) is 1. The van der Waals surface area contributed by atoms with E-state index in [0.29, 0.717) is 11.3 Å². The summed E-state index contributed by atoms with van der Waals surface area (Å²) in [5.41, 5.74) is 1.86. The highest BCUT2D eigenvalue weighted by Crippen LogP contribution is 2.29. The van der Waals surface area contributed by atoms with Crippen molar-refractivity contribution in [3.63, 3.8) is 0 Å². The maximum Gasteiger partial charge on any atom is 0.338 e. The number of benzene rings is 2. The lowest BCUT2D eigenvalue weighted by molar-refractivity contribution is -0.384. The van der Waals surface area contributed by atoms with E-state index in [1.807, 2.05) is 6.07 Å². The van der Waals surface area contributed by atoms with E-state index in [1.54, 1.807) is 19.1 Å². The van der Waals surface area contributed by atoms with Gasteiger partial charge in [-0.3, -0.25) is 14.9 Å². The van der Waals surface area contributed by atoms with Gasteiger partial charge < -0.3 is 19.9 Å². The number of likely N-dealkylation sites (N-methyl/N-ethyl adjacent to an activating group) is 1. The first-order chi connectivity index (χ1) is 14.9. The van der Waals surface area contributed by atoms with Gasteiger partial charge in [0, 0.05) is 43.9 Å². The van der Waals surface area contributed by atoms with Crippen molar-refractivity contribution in [2.45, 2.75) is 13.8 Å². The van der Waals surface area contributed by atoms with E-state index in [4.69, 9.17) is 4.74 Å². The van der Waals surface area contributed by atoms with Gasteiger partial charge in [0.1, 0.15) is 0 Å². The van der Waals surface area contributed by atoms with Crippen LogP contribution in [0.5, 0.6) is 0 Å². The minimum Gasteiger partial charge on any atom is -0.462 e. The van der Waals surface area contributed by atoms with Gasteiger partial charge in [-0.25, -0.2) is 4.79 Å². The Kier molecular flexibility index (Phi) is 7.19. The van der Waals surface area contributed by atoms with Crippen LogP contribution in [0.15, 0.2) is 42.5 Å². The predicted octanol–water partition coefficient (Wildman–Crippen LogP) is 3.17. The Morgan fingerprint density at radius 3 is 2.26 bits per heavy atom. The molecule has 1 N–H and O–H groups in total. The molecule has 0 saturated carbocycles. The molecule has 1 aliphatic heterocycles. The van der Waals surface area contributed by atoms with Crippen LogP contribution in [0.3, 0.4) is 0 Å². The Morgan fingerprint density at radius 2 is 1.68 bits per heavy atom. The van der Waals surface area contributed by atoms with Crippen LogP contribution >= 0.6 is 0 Å². The number of nitro benzene ring substituents is 1. The number of ether oxygens (including phenoxy) is 1. The lowest BCUT2D eigenvalue weighted by atomic mass is 10.1. The second-order valence-electron chi connectivity index (χ2n) is 7.13. The predicted molar refractivity (Wildman–Crippen MR) is 118 cm³/mol. The first kappa shape index (κ1) is 22.2. The van der Waals surface area contributed by atoms with E-state index >= 15 is 0 Å². The minimum atomic E-state index is -0.515. The highest BCUT2D eigenvalue weighted by atomic mass is 16.6. The zero-order valence-corrected chi connectivity index (χ0v) is 17.7. The molecular weight excluding hydrogens is 400 g/mol. The minimum absolute atomic E-state index is 0.0876. The maximum absolute atomic E-state index is 12.8. The highest BCUT2D eigenvalue weighted by Gasteiger charge is 2.21. The Bertz CT molecular complexity index is 953. The van der Waals surface area contributed by atoms with Gasteiger partial charge in [-0.15, -0.1) is 0 Å². The van der Waals surface area contributed by atoms with Gasteiger partial charge in [0.05, 0.1) is 28.5 Å². The third-order valence-corrected chi connectivity index (χ3v) is 5.26. The van der Waals surface area contributed by atoms with Crippen LogP contribution < -0.4 is 10.2 Å². The zero-order valence-electron chi connectivity index (χ0n) is 17.7. The second-order valence-corrected chi connectivity index (χ2v) is 7.13. The molecule has 1 heterocycles. The first-order valence-electron chi connectivity index (χ1n) is 10.3. The largest absolute Gasteiger partial charge is 0.462 e. The van der Waals surface area contributed by atoms with E-state index in [1.165, 1.54) is 24.3 Å². The number of hydrogen-bond acceptors (Lipinski definition) is 7. The molecule has 0 radical (unpaired) electrons. The lowest BCUT2D eigenvalue weighted by Gasteiger charge is -2.36. The number of nitrogens with one attached hydrogen (secondary N) is 1. The van der Waals surface area contributed by atoms with Gasteiger partial charge in [0.15, 0.2) is 0 Å². The molecule has 164 valence electrons. The normalized spacial score (nSPS) is 14.2. The molecule has 1 aliphatic rings. The van der Waals surface area contributed by atoms with E-state index in [-0.39, 0.29) is 17.9 Å². The molecule has 1 fully saturated rings. The smallest absolute Gasteiger partial charge is 0.338 e. The summed E-state index contributed by atoms with van der Waals surface area (Å²) >= 11 is 0.